The monoisotopic (exact) mass is 295 g/mol. The van der Waals surface area contributed by atoms with E-state index < -0.39 is 5.97 Å². The molecule has 0 bridgehead atoms. The fourth-order valence-corrected chi connectivity index (χ4v) is 2.32. The lowest BCUT2D eigenvalue weighted by Gasteiger charge is -2.21. The van der Waals surface area contributed by atoms with Crippen molar-refractivity contribution in [2.24, 2.45) is 0 Å². The van der Waals surface area contributed by atoms with Crippen LogP contribution in [-0.2, 0) is 0 Å². The first kappa shape index (κ1) is 12.2. The van der Waals surface area contributed by atoms with Gasteiger partial charge >= 0.3 is 5.97 Å². The van der Waals surface area contributed by atoms with Crippen molar-refractivity contribution in [3.63, 3.8) is 0 Å². The van der Waals surface area contributed by atoms with Gasteiger partial charge in [-0.2, -0.15) is 0 Å². The van der Waals surface area contributed by atoms with E-state index in [1.54, 1.807) is 6.07 Å². The molecule has 90 valence electrons. The second kappa shape index (κ2) is 5.36. The predicted octanol–water partition coefficient (Wildman–Crippen LogP) is 3.67. The second-order valence-electron chi connectivity index (χ2n) is 4.12. The normalized spacial score (nSPS) is 19.0. The molecule has 0 aliphatic heterocycles. The summed E-state index contributed by atoms with van der Waals surface area (Å²) in [5.74, 6) is -0.903. The van der Waals surface area contributed by atoms with Crippen molar-refractivity contribution in [1.82, 2.24) is 0 Å². The molecule has 0 spiro atoms. The van der Waals surface area contributed by atoms with Crippen LogP contribution in [0.4, 0.5) is 5.69 Å². The van der Waals surface area contributed by atoms with Crippen molar-refractivity contribution in [1.29, 1.82) is 0 Å². The minimum absolute atomic E-state index is 0.314. The predicted molar refractivity (Wildman–Crippen MR) is 71.5 cm³/mol. The molecule has 1 atom stereocenters. The molecule has 2 rings (SSSR count). The summed E-state index contributed by atoms with van der Waals surface area (Å²) in [4.78, 5) is 11.1. The number of nitrogens with one attached hydrogen (secondary N) is 1. The summed E-state index contributed by atoms with van der Waals surface area (Å²) in [6, 6.07) is 5.63. The number of hydrogen-bond donors (Lipinski definition) is 2. The van der Waals surface area contributed by atoms with Gasteiger partial charge in [0.2, 0.25) is 0 Å². The number of carboxylic acids is 1. The van der Waals surface area contributed by atoms with Crippen LogP contribution >= 0.6 is 15.9 Å². The minimum Gasteiger partial charge on any atom is -0.478 e. The highest BCUT2D eigenvalue weighted by atomic mass is 79.9. The molecule has 0 heterocycles. The first-order valence-corrected chi connectivity index (χ1v) is 6.40. The van der Waals surface area contributed by atoms with Gasteiger partial charge in [-0.3, -0.25) is 0 Å². The van der Waals surface area contributed by atoms with Gasteiger partial charge in [0.15, 0.2) is 0 Å². The summed E-state index contributed by atoms with van der Waals surface area (Å²) in [5.41, 5.74) is 1.01. The first-order valence-electron chi connectivity index (χ1n) is 5.61. The van der Waals surface area contributed by atoms with Gasteiger partial charge < -0.3 is 10.4 Å². The van der Waals surface area contributed by atoms with Gasteiger partial charge in [-0.15, -0.1) is 0 Å². The molecule has 1 aromatic rings. The van der Waals surface area contributed by atoms with E-state index in [1.807, 2.05) is 12.1 Å². The van der Waals surface area contributed by atoms with Gasteiger partial charge in [0, 0.05) is 16.2 Å². The zero-order valence-electron chi connectivity index (χ0n) is 9.32. The number of rotatable bonds is 3. The molecule has 3 nitrogen and oxygen atoms in total. The van der Waals surface area contributed by atoms with E-state index in [9.17, 15) is 4.79 Å². The Labute approximate surface area is 109 Å². The Morgan fingerprint density at radius 2 is 2.24 bits per heavy atom. The average Bonchev–Trinajstić information content (AvgIpc) is 2.32. The SMILES string of the molecule is O=C(O)c1cc(Br)ccc1NC1CC=CCC1. The Balaban J connectivity index is 2.19. The number of carbonyl (C=O) groups is 1. The van der Waals surface area contributed by atoms with Crippen LogP contribution in [0, 0.1) is 0 Å². The Morgan fingerprint density at radius 3 is 2.88 bits per heavy atom. The summed E-state index contributed by atoms with van der Waals surface area (Å²) in [7, 11) is 0. The van der Waals surface area contributed by atoms with E-state index in [1.165, 1.54) is 0 Å². The molecular formula is C13H14BrNO2. The fraction of sp³-hybridized carbons (Fsp3) is 0.308. The quantitative estimate of drug-likeness (QED) is 0.837. The minimum atomic E-state index is -0.903. The van der Waals surface area contributed by atoms with Crippen LogP contribution in [0.1, 0.15) is 29.6 Å². The van der Waals surface area contributed by atoms with E-state index in [0.717, 1.165) is 23.7 Å². The molecule has 1 aliphatic rings. The molecule has 1 aliphatic carbocycles. The molecule has 17 heavy (non-hydrogen) atoms. The summed E-state index contributed by atoms with van der Waals surface area (Å²) < 4.78 is 0.781. The molecule has 1 aromatic carbocycles. The van der Waals surface area contributed by atoms with Crippen molar-refractivity contribution >= 4 is 27.6 Å². The highest BCUT2D eigenvalue weighted by Crippen LogP contribution is 2.24. The summed E-state index contributed by atoms with van der Waals surface area (Å²) in [6.07, 6.45) is 7.36. The third kappa shape index (κ3) is 3.09. The number of carboxylic acid groups (broad SMARTS) is 1. The molecule has 0 fully saturated rings. The summed E-state index contributed by atoms with van der Waals surface area (Å²) in [5, 5.41) is 12.4. The van der Waals surface area contributed by atoms with Gasteiger partial charge in [0.25, 0.3) is 0 Å². The molecule has 4 heteroatoms. The topological polar surface area (TPSA) is 49.3 Å². The number of aromatic carboxylic acids is 1. The zero-order valence-corrected chi connectivity index (χ0v) is 10.9. The maximum absolute atomic E-state index is 11.1. The third-order valence-corrected chi connectivity index (χ3v) is 3.33. The zero-order chi connectivity index (χ0) is 12.3. The van der Waals surface area contributed by atoms with Gasteiger partial charge in [0.1, 0.15) is 0 Å². The molecule has 1 unspecified atom stereocenters. The Hall–Kier alpha value is -1.29. The molecule has 0 saturated heterocycles. The lowest BCUT2D eigenvalue weighted by atomic mass is 10.0. The van der Waals surface area contributed by atoms with Gasteiger partial charge in [-0.25, -0.2) is 4.79 Å². The Bertz CT molecular complexity index is 457. The van der Waals surface area contributed by atoms with Gasteiger partial charge in [0.05, 0.1) is 5.56 Å². The van der Waals surface area contributed by atoms with Crippen LogP contribution in [0.2, 0.25) is 0 Å². The van der Waals surface area contributed by atoms with Crippen molar-refractivity contribution in [3.05, 3.63) is 40.4 Å². The number of allylic oxidation sites excluding steroid dienone is 1. The van der Waals surface area contributed by atoms with Crippen LogP contribution in [0.25, 0.3) is 0 Å². The van der Waals surface area contributed by atoms with Crippen LogP contribution in [0.5, 0.6) is 0 Å². The Kier molecular flexibility index (Phi) is 3.84. The van der Waals surface area contributed by atoms with Crippen LogP contribution in [0.15, 0.2) is 34.8 Å². The molecule has 2 N–H and O–H groups in total. The lowest BCUT2D eigenvalue weighted by Crippen LogP contribution is -2.21. The van der Waals surface area contributed by atoms with Crippen molar-refractivity contribution in [2.45, 2.75) is 25.3 Å². The van der Waals surface area contributed by atoms with E-state index >= 15 is 0 Å². The largest absolute Gasteiger partial charge is 0.478 e. The lowest BCUT2D eigenvalue weighted by molar-refractivity contribution is 0.0698. The molecule has 0 saturated carbocycles. The van der Waals surface area contributed by atoms with Crippen molar-refractivity contribution in [2.75, 3.05) is 5.32 Å². The smallest absolute Gasteiger partial charge is 0.337 e. The number of halogens is 1. The van der Waals surface area contributed by atoms with Crippen LogP contribution in [-0.4, -0.2) is 17.1 Å². The number of hydrogen-bond acceptors (Lipinski definition) is 2. The Morgan fingerprint density at radius 1 is 1.41 bits per heavy atom. The average molecular weight is 296 g/mol. The first-order chi connectivity index (χ1) is 8.16. The molecule has 0 aromatic heterocycles. The van der Waals surface area contributed by atoms with E-state index in [2.05, 4.69) is 33.4 Å². The van der Waals surface area contributed by atoms with Gasteiger partial charge in [-0.05, 0) is 37.5 Å². The molecule has 0 amide bonds. The molecule has 0 radical (unpaired) electrons. The van der Waals surface area contributed by atoms with E-state index in [4.69, 9.17) is 5.11 Å². The number of anilines is 1. The third-order valence-electron chi connectivity index (χ3n) is 2.84. The highest BCUT2D eigenvalue weighted by molar-refractivity contribution is 9.10. The van der Waals surface area contributed by atoms with E-state index in [-0.39, 0.29) is 0 Å². The maximum Gasteiger partial charge on any atom is 0.337 e. The maximum atomic E-state index is 11.1. The van der Waals surface area contributed by atoms with Crippen molar-refractivity contribution < 1.29 is 9.90 Å². The van der Waals surface area contributed by atoms with Crippen LogP contribution < -0.4 is 5.32 Å². The van der Waals surface area contributed by atoms with Gasteiger partial charge in [-0.1, -0.05) is 28.1 Å². The van der Waals surface area contributed by atoms with Crippen LogP contribution in [0.3, 0.4) is 0 Å². The summed E-state index contributed by atoms with van der Waals surface area (Å²) in [6.45, 7) is 0. The standard InChI is InChI=1S/C13H14BrNO2/c14-9-6-7-12(11(8-9)13(16)17)15-10-4-2-1-3-5-10/h1-2,6-8,10,15H,3-5H2,(H,16,17). The highest BCUT2D eigenvalue weighted by Gasteiger charge is 2.15. The number of benzene rings is 1. The van der Waals surface area contributed by atoms with E-state index in [0.29, 0.717) is 17.3 Å². The molecular weight excluding hydrogens is 282 g/mol. The second-order valence-corrected chi connectivity index (χ2v) is 5.04. The van der Waals surface area contributed by atoms with Crippen molar-refractivity contribution in [3.8, 4) is 0 Å². The fourth-order valence-electron chi connectivity index (χ4n) is 1.96. The summed E-state index contributed by atoms with van der Waals surface area (Å²) >= 11 is 3.29.